The number of methoxy groups -OCH3 is 1. The van der Waals surface area contributed by atoms with Gasteiger partial charge in [-0.25, -0.2) is 0 Å². The van der Waals surface area contributed by atoms with E-state index in [4.69, 9.17) is 10.5 Å². The summed E-state index contributed by atoms with van der Waals surface area (Å²) in [5, 5.41) is 7.71. The van der Waals surface area contributed by atoms with E-state index in [1.807, 2.05) is 9.47 Å². The molecule has 1 aromatic rings. The molecule has 2 heterocycles. The molecule has 1 amide bonds. The van der Waals surface area contributed by atoms with E-state index in [9.17, 15) is 4.79 Å². The summed E-state index contributed by atoms with van der Waals surface area (Å²) >= 11 is 0. The fraction of sp³-hybridized carbons (Fsp3) is 0.800. The van der Waals surface area contributed by atoms with E-state index in [1.54, 1.807) is 19.8 Å². The van der Waals surface area contributed by atoms with Gasteiger partial charge in [-0.2, -0.15) is 0 Å². The molecule has 1 saturated heterocycles. The number of hydrogen-bond donors (Lipinski definition) is 1. The van der Waals surface area contributed by atoms with Crippen LogP contribution in [0.5, 0.6) is 0 Å². The molecule has 8 heteroatoms. The zero-order valence-electron chi connectivity index (χ0n) is 13.5. The van der Waals surface area contributed by atoms with Gasteiger partial charge in [0.2, 0.25) is 5.91 Å². The Balaban J connectivity index is 0.00000192. The Morgan fingerprint density at radius 1 is 1.17 bits per heavy atom. The molecule has 0 aromatic carbocycles. The molecule has 1 aliphatic heterocycles. The maximum absolute atomic E-state index is 12.7. The van der Waals surface area contributed by atoms with Gasteiger partial charge in [-0.1, -0.05) is 0 Å². The van der Waals surface area contributed by atoms with Gasteiger partial charge in [0, 0.05) is 38.2 Å². The lowest BCUT2D eigenvalue weighted by Gasteiger charge is -2.38. The SMILES string of the molecule is CO[C@@H]1CC[C@H](C(=O)N2CCC(n3cnnc3)CC2)C[C@H]1N.Cl. The van der Waals surface area contributed by atoms with Crippen LogP contribution in [0.3, 0.4) is 0 Å². The maximum Gasteiger partial charge on any atom is 0.225 e. The molecule has 23 heavy (non-hydrogen) atoms. The van der Waals surface area contributed by atoms with Crippen LogP contribution in [0.4, 0.5) is 0 Å². The summed E-state index contributed by atoms with van der Waals surface area (Å²) < 4.78 is 7.41. The fourth-order valence-electron chi connectivity index (χ4n) is 3.73. The Hall–Kier alpha value is -1.18. The molecule has 3 rings (SSSR count). The van der Waals surface area contributed by atoms with Crippen molar-refractivity contribution in [1.29, 1.82) is 0 Å². The van der Waals surface area contributed by atoms with E-state index in [1.165, 1.54) is 0 Å². The van der Waals surface area contributed by atoms with Crippen LogP contribution in [0.1, 0.15) is 38.1 Å². The third-order valence-corrected chi connectivity index (χ3v) is 5.12. The quantitative estimate of drug-likeness (QED) is 0.885. The van der Waals surface area contributed by atoms with Crippen LogP contribution in [0, 0.1) is 5.92 Å². The zero-order chi connectivity index (χ0) is 15.5. The Morgan fingerprint density at radius 3 is 2.39 bits per heavy atom. The zero-order valence-corrected chi connectivity index (χ0v) is 14.3. The number of hydrogen-bond acceptors (Lipinski definition) is 5. The number of aromatic nitrogens is 3. The lowest BCUT2D eigenvalue weighted by Crippen LogP contribution is -2.48. The monoisotopic (exact) mass is 343 g/mol. The third-order valence-electron chi connectivity index (χ3n) is 5.12. The number of carbonyl (C=O) groups excluding carboxylic acids is 1. The first-order valence-electron chi connectivity index (χ1n) is 8.10. The lowest BCUT2D eigenvalue weighted by molar-refractivity contribution is -0.139. The van der Waals surface area contributed by atoms with E-state index in [0.29, 0.717) is 6.04 Å². The predicted molar refractivity (Wildman–Crippen MR) is 88.2 cm³/mol. The van der Waals surface area contributed by atoms with Crippen molar-refractivity contribution in [2.75, 3.05) is 20.2 Å². The summed E-state index contributed by atoms with van der Waals surface area (Å²) in [6.07, 6.45) is 8.04. The molecule has 0 radical (unpaired) electrons. The minimum atomic E-state index is -0.0257. The highest BCUT2D eigenvalue weighted by Crippen LogP contribution is 2.29. The van der Waals surface area contributed by atoms with Crippen LogP contribution in [-0.2, 0) is 9.53 Å². The minimum Gasteiger partial charge on any atom is -0.380 e. The van der Waals surface area contributed by atoms with Crippen LogP contribution >= 0.6 is 12.4 Å². The van der Waals surface area contributed by atoms with Gasteiger partial charge in [-0.05, 0) is 32.1 Å². The van der Waals surface area contributed by atoms with Crippen molar-refractivity contribution in [3.63, 3.8) is 0 Å². The van der Waals surface area contributed by atoms with Crippen molar-refractivity contribution in [2.45, 2.75) is 50.3 Å². The second kappa shape index (κ2) is 8.08. The Labute approximate surface area is 143 Å². The molecule has 1 saturated carbocycles. The average molecular weight is 344 g/mol. The van der Waals surface area contributed by atoms with Gasteiger partial charge in [-0.15, -0.1) is 22.6 Å². The van der Waals surface area contributed by atoms with Gasteiger partial charge in [0.15, 0.2) is 0 Å². The number of halogens is 1. The van der Waals surface area contributed by atoms with Crippen molar-refractivity contribution in [3.05, 3.63) is 12.7 Å². The van der Waals surface area contributed by atoms with Crippen molar-refractivity contribution < 1.29 is 9.53 Å². The molecule has 1 aliphatic carbocycles. The molecule has 0 spiro atoms. The summed E-state index contributed by atoms with van der Waals surface area (Å²) in [7, 11) is 1.70. The molecule has 2 fully saturated rings. The Morgan fingerprint density at radius 2 is 1.83 bits per heavy atom. The van der Waals surface area contributed by atoms with Crippen LogP contribution in [0.25, 0.3) is 0 Å². The molecule has 2 N–H and O–H groups in total. The first-order chi connectivity index (χ1) is 10.7. The van der Waals surface area contributed by atoms with E-state index in [0.717, 1.165) is 45.2 Å². The number of carbonyl (C=O) groups is 1. The molecule has 7 nitrogen and oxygen atoms in total. The van der Waals surface area contributed by atoms with Gasteiger partial charge in [0.1, 0.15) is 12.7 Å². The first kappa shape index (κ1) is 18.2. The standard InChI is InChI=1S/C15H25N5O2.ClH/c1-22-14-3-2-11(8-13(14)16)15(21)19-6-4-12(5-7-19)20-9-17-18-10-20;/h9-14H,2-8,16H2,1H3;1H/t11-,13+,14+;/m0./s1. The maximum atomic E-state index is 12.7. The van der Waals surface area contributed by atoms with Crippen LogP contribution in [0.2, 0.25) is 0 Å². The highest BCUT2D eigenvalue weighted by Gasteiger charge is 2.35. The molecule has 0 unspecified atom stereocenters. The van der Waals surface area contributed by atoms with Crippen LogP contribution in [0.15, 0.2) is 12.7 Å². The highest BCUT2D eigenvalue weighted by atomic mass is 35.5. The van der Waals surface area contributed by atoms with E-state index in [2.05, 4.69) is 10.2 Å². The summed E-state index contributed by atoms with van der Waals surface area (Å²) in [4.78, 5) is 14.7. The third kappa shape index (κ3) is 4.02. The summed E-state index contributed by atoms with van der Waals surface area (Å²) in [6, 6.07) is 0.382. The minimum absolute atomic E-state index is 0. The molecule has 0 bridgehead atoms. The first-order valence-corrected chi connectivity index (χ1v) is 8.10. The van der Waals surface area contributed by atoms with Gasteiger partial charge >= 0.3 is 0 Å². The predicted octanol–water partition coefficient (Wildman–Crippen LogP) is 1.01. The van der Waals surface area contributed by atoms with Crippen LogP contribution < -0.4 is 5.73 Å². The highest BCUT2D eigenvalue weighted by molar-refractivity contribution is 5.85. The molecule has 3 atom stereocenters. The van der Waals surface area contributed by atoms with E-state index >= 15 is 0 Å². The smallest absolute Gasteiger partial charge is 0.225 e. The largest absolute Gasteiger partial charge is 0.380 e. The molecule has 1 aromatic heterocycles. The van der Waals surface area contributed by atoms with Crippen molar-refractivity contribution >= 4 is 18.3 Å². The number of piperidine rings is 1. The van der Waals surface area contributed by atoms with E-state index < -0.39 is 0 Å². The number of nitrogens with two attached hydrogens (primary N) is 1. The molecule has 130 valence electrons. The van der Waals surface area contributed by atoms with Gasteiger partial charge in [-0.3, -0.25) is 4.79 Å². The Bertz CT molecular complexity index is 490. The van der Waals surface area contributed by atoms with Crippen LogP contribution in [-0.4, -0.2) is 57.9 Å². The number of likely N-dealkylation sites (tertiary alicyclic amines) is 1. The average Bonchev–Trinajstić information content (AvgIpc) is 3.09. The van der Waals surface area contributed by atoms with Gasteiger partial charge in [0.05, 0.1) is 6.10 Å². The Kier molecular flexibility index (Phi) is 6.38. The second-order valence-electron chi connectivity index (χ2n) is 6.41. The van der Waals surface area contributed by atoms with Crippen molar-refractivity contribution in [1.82, 2.24) is 19.7 Å². The topological polar surface area (TPSA) is 86.3 Å². The lowest BCUT2D eigenvalue weighted by atomic mass is 9.83. The van der Waals surface area contributed by atoms with Gasteiger partial charge < -0.3 is 19.9 Å². The summed E-state index contributed by atoms with van der Waals surface area (Å²) in [5.41, 5.74) is 6.12. The van der Waals surface area contributed by atoms with Crippen molar-refractivity contribution in [3.8, 4) is 0 Å². The second-order valence-corrected chi connectivity index (χ2v) is 6.41. The number of nitrogens with zero attached hydrogens (tertiary/aromatic N) is 4. The number of ether oxygens (including phenoxy) is 1. The molecule has 2 aliphatic rings. The molecular formula is C15H26ClN5O2. The number of rotatable bonds is 3. The molecular weight excluding hydrogens is 318 g/mol. The number of amides is 1. The summed E-state index contributed by atoms with van der Waals surface area (Å²) in [6.45, 7) is 1.61. The van der Waals surface area contributed by atoms with Crippen molar-refractivity contribution in [2.24, 2.45) is 11.7 Å². The summed E-state index contributed by atoms with van der Waals surface area (Å²) in [5.74, 6) is 0.333. The van der Waals surface area contributed by atoms with E-state index in [-0.39, 0.29) is 36.4 Å². The van der Waals surface area contributed by atoms with Gasteiger partial charge in [0.25, 0.3) is 0 Å². The normalized spacial score (nSPS) is 29.1. The fourth-order valence-corrected chi connectivity index (χ4v) is 3.73.